The first-order valence-electron chi connectivity index (χ1n) is 6.87. The molecule has 6 nitrogen and oxygen atoms in total. The smallest absolute Gasteiger partial charge is 0.286 e. The summed E-state index contributed by atoms with van der Waals surface area (Å²) in [5.74, 6) is 0. The molecular weight excluding hydrogens is 280 g/mol. The van der Waals surface area contributed by atoms with E-state index in [-0.39, 0.29) is 0 Å². The Bertz CT molecular complexity index is 536. The van der Waals surface area contributed by atoms with E-state index in [1.165, 1.54) is 12.6 Å². The fourth-order valence-electron chi connectivity index (χ4n) is 1.44. The van der Waals surface area contributed by atoms with Gasteiger partial charge >= 0.3 is 0 Å². The summed E-state index contributed by atoms with van der Waals surface area (Å²) in [6.45, 7) is 9.50. The van der Waals surface area contributed by atoms with Gasteiger partial charge in [-0.2, -0.15) is 0 Å². The zero-order chi connectivity index (χ0) is 16.0. The normalized spacial score (nSPS) is 11.4. The van der Waals surface area contributed by atoms with E-state index in [2.05, 4.69) is 23.1 Å². The Labute approximate surface area is 130 Å². The Morgan fingerprint density at radius 3 is 2.86 bits per heavy atom. The van der Waals surface area contributed by atoms with Crippen molar-refractivity contribution in [3.63, 3.8) is 0 Å². The third-order valence-electron chi connectivity index (χ3n) is 2.59. The van der Waals surface area contributed by atoms with Crippen molar-refractivity contribution in [1.82, 2.24) is 4.98 Å². The maximum atomic E-state index is 5.46. The lowest BCUT2D eigenvalue weighted by molar-refractivity contribution is -0.701. The molecule has 0 aliphatic carbocycles. The molecule has 0 radical (unpaired) electrons. The van der Waals surface area contributed by atoms with E-state index in [1.54, 1.807) is 24.6 Å². The van der Waals surface area contributed by atoms with E-state index < -0.39 is 0 Å². The van der Waals surface area contributed by atoms with Crippen LogP contribution in [0.2, 0.25) is 0 Å². The van der Waals surface area contributed by atoms with Gasteiger partial charge in [-0.1, -0.05) is 13.2 Å². The Kier molecular flexibility index (Phi) is 8.81. The summed E-state index contributed by atoms with van der Waals surface area (Å²) in [4.78, 5) is 8.22. The van der Waals surface area contributed by atoms with Gasteiger partial charge in [0.15, 0.2) is 18.3 Å². The first-order valence-corrected chi connectivity index (χ1v) is 6.87. The van der Waals surface area contributed by atoms with Crippen molar-refractivity contribution in [2.75, 3.05) is 19.8 Å². The molecule has 0 bridgehead atoms. The van der Waals surface area contributed by atoms with Crippen LogP contribution in [-0.4, -0.2) is 37.4 Å². The molecule has 0 amide bonds. The van der Waals surface area contributed by atoms with Gasteiger partial charge in [-0.15, -0.1) is 0 Å². The largest absolute Gasteiger partial charge is 0.481 e. The fraction of sp³-hybridized carbons (Fsp3) is 0.250. The van der Waals surface area contributed by atoms with Crippen LogP contribution in [0.15, 0.2) is 54.6 Å². The van der Waals surface area contributed by atoms with Crippen LogP contribution in [0.1, 0.15) is 5.69 Å². The maximum absolute atomic E-state index is 5.46. The Balaban J connectivity index is 2.11. The number of allylic oxidation sites excluding steroid dienone is 2. The van der Waals surface area contributed by atoms with Gasteiger partial charge in [0.2, 0.25) is 0 Å². The minimum absolute atomic E-state index is 0.429. The SMILES string of the molecule is C=C/C(=C/C=[NH2+])N=COCCOCC[n+]1ccc(C=C)nc1. The van der Waals surface area contributed by atoms with Crippen LogP contribution in [0.4, 0.5) is 0 Å². The molecule has 6 heteroatoms. The molecule has 1 heterocycles. The minimum atomic E-state index is 0.429. The molecule has 1 aromatic rings. The minimum Gasteiger partial charge on any atom is -0.481 e. The topological polar surface area (TPSA) is 73.2 Å². The van der Waals surface area contributed by atoms with Gasteiger partial charge < -0.3 is 9.47 Å². The first-order chi connectivity index (χ1) is 10.8. The Morgan fingerprint density at radius 1 is 1.36 bits per heavy atom. The van der Waals surface area contributed by atoms with Crippen molar-refractivity contribution in [1.29, 1.82) is 0 Å². The lowest BCUT2D eigenvalue weighted by Crippen LogP contribution is -2.36. The van der Waals surface area contributed by atoms with Crippen molar-refractivity contribution < 1.29 is 19.5 Å². The van der Waals surface area contributed by atoms with Crippen LogP contribution in [0.3, 0.4) is 0 Å². The summed E-state index contributed by atoms with van der Waals surface area (Å²) in [5.41, 5.74) is 1.49. The molecule has 0 aliphatic heterocycles. The van der Waals surface area contributed by atoms with Gasteiger partial charge in [-0.3, -0.25) is 5.41 Å². The quantitative estimate of drug-likeness (QED) is 0.205. The van der Waals surface area contributed by atoms with Crippen LogP contribution < -0.4 is 9.98 Å². The molecule has 1 rings (SSSR count). The van der Waals surface area contributed by atoms with Crippen LogP contribution in [-0.2, 0) is 16.0 Å². The van der Waals surface area contributed by atoms with Gasteiger partial charge in [0.25, 0.3) is 6.33 Å². The highest BCUT2D eigenvalue weighted by Gasteiger charge is 1.99. The molecule has 0 fully saturated rings. The van der Waals surface area contributed by atoms with Crippen LogP contribution in [0.25, 0.3) is 6.08 Å². The second-order valence-corrected chi connectivity index (χ2v) is 4.13. The highest BCUT2D eigenvalue weighted by atomic mass is 16.5. The Hall–Kier alpha value is -2.60. The summed E-state index contributed by atoms with van der Waals surface area (Å²) in [6.07, 6.45) is 11.4. The van der Waals surface area contributed by atoms with Crippen molar-refractivity contribution in [3.05, 3.63) is 55.3 Å². The molecule has 0 aliphatic rings. The number of ether oxygens (including phenoxy) is 2. The molecule has 116 valence electrons. The predicted molar refractivity (Wildman–Crippen MR) is 86.1 cm³/mol. The summed E-state index contributed by atoms with van der Waals surface area (Å²) in [7, 11) is 0. The molecule has 0 spiro atoms. The zero-order valence-electron chi connectivity index (χ0n) is 12.6. The number of aliphatic imine (C=N–C) groups is 1. The summed E-state index contributed by atoms with van der Waals surface area (Å²) >= 11 is 0. The molecule has 0 saturated heterocycles. The van der Waals surface area contributed by atoms with E-state index in [0.717, 1.165) is 12.2 Å². The maximum Gasteiger partial charge on any atom is 0.286 e. The van der Waals surface area contributed by atoms with Crippen LogP contribution >= 0.6 is 0 Å². The van der Waals surface area contributed by atoms with Gasteiger partial charge in [-0.25, -0.2) is 9.56 Å². The van der Waals surface area contributed by atoms with Gasteiger partial charge in [-0.05, 0) is 17.1 Å². The third kappa shape index (κ3) is 7.25. The molecule has 0 aromatic carbocycles. The zero-order valence-corrected chi connectivity index (χ0v) is 12.6. The van der Waals surface area contributed by atoms with E-state index in [9.17, 15) is 0 Å². The van der Waals surface area contributed by atoms with E-state index >= 15 is 0 Å². The molecule has 22 heavy (non-hydrogen) atoms. The second kappa shape index (κ2) is 11.1. The number of aromatic nitrogens is 2. The number of hydrogen-bond acceptors (Lipinski definition) is 4. The second-order valence-electron chi connectivity index (χ2n) is 4.13. The van der Waals surface area contributed by atoms with Crippen LogP contribution in [0.5, 0.6) is 0 Å². The number of hydrogen-bond donors (Lipinski definition) is 1. The fourth-order valence-corrected chi connectivity index (χ4v) is 1.44. The highest BCUT2D eigenvalue weighted by molar-refractivity contribution is 5.68. The monoisotopic (exact) mass is 302 g/mol. The van der Waals surface area contributed by atoms with Crippen molar-refractivity contribution in [2.24, 2.45) is 4.99 Å². The third-order valence-corrected chi connectivity index (χ3v) is 2.59. The van der Waals surface area contributed by atoms with E-state index in [4.69, 9.17) is 14.9 Å². The van der Waals surface area contributed by atoms with Crippen LogP contribution in [0, 0.1) is 0 Å². The number of rotatable bonds is 11. The molecule has 1 aromatic heterocycles. The van der Waals surface area contributed by atoms with Gasteiger partial charge in [0.1, 0.15) is 13.2 Å². The van der Waals surface area contributed by atoms with Gasteiger partial charge in [0.05, 0.1) is 25.1 Å². The highest BCUT2D eigenvalue weighted by Crippen LogP contribution is 1.94. The molecule has 0 saturated carbocycles. The van der Waals surface area contributed by atoms with Crippen molar-refractivity contribution in [3.8, 4) is 0 Å². The molecular formula is C16H22N4O2+2. The number of nitrogens with two attached hydrogens (primary N) is 1. The average molecular weight is 302 g/mol. The first kappa shape index (κ1) is 17.5. The lowest BCUT2D eigenvalue weighted by atomic mass is 10.4. The van der Waals surface area contributed by atoms with Gasteiger partial charge in [0, 0.05) is 12.1 Å². The van der Waals surface area contributed by atoms with Crippen molar-refractivity contribution in [2.45, 2.75) is 6.54 Å². The summed E-state index contributed by atoms with van der Waals surface area (Å²) < 4.78 is 12.6. The van der Waals surface area contributed by atoms with E-state index in [0.29, 0.717) is 25.5 Å². The molecule has 0 unspecified atom stereocenters. The molecule has 2 N–H and O–H groups in total. The standard InChI is InChI=1S/C16H21N4O2/c1-3-15(5-7-17)19-14-22-12-11-21-10-9-20-8-6-16(4-2)18-13-20/h3-8,13-14,17H,1-2,9-12H2/q+1/p+1/b15-5-,17-7?,19-14?. The predicted octanol–water partition coefficient (Wildman–Crippen LogP) is -0.0266. The average Bonchev–Trinajstić information content (AvgIpc) is 2.56. The van der Waals surface area contributed by atoms with E-state index in [1.807, 2.05) is 16.8 Å². The lowest BCUT2D eigenvalue weighted by Gasteiger charge is -2.03. The number of nitrogens with zero attached hydrogens (tertiary/aromatic N) is 3. The summed E-state index contributed by atoms with van der Waals surface area (Å²) in [6, 6.07) is 1.90. The summed E-state index contributed by atoms with van der Waals surface area (Å²) in [5, 5.41) is 5.26. The molecule has 0 atom stereocenters. The Morgan fingerprint density at radius 2 is 2.23 bits per heavy atom. The van der Waals surface area contributed by atoms with Crippen molar-refractivity contribution >= 4 is 18.7 Å².